The van der Waals surface area contributed by atoms with Gasteiger partial charge >= 0.3 is 6.18 Å². The standard InChI is InChI=1S/C18H23F3N4O3S/c1-28-12-17-7-16(25-10-15(8-22-25)23-29(2,26)27)11-24(17)9-13-3-5-14(6-4-13)18(19,20)21/h3-6,8,10,16-17,23H,7,9,11-12H2,1-2H3/t16-,17-/m0/s1. The van der Waals surface area contributed by atoms with Crippen molar-refractivity contribution in [1.29, 1.82) is 0 Å². The molecule has 2 heterocycles. The van der Waals surface area contributed by atoms with E-state index in [0.717, 1.165) is 30.4 Å². The number of halogens is 3. The molecule has 11 heteroatoms. The van der Waals surface area contributed by atoms with Crippen LogP contribution in [0.3, 0.4) is 0 Å². The van der Waals surface area contributed by atoms with Crippen LogP contribution in [0, 0.1) is 0 Å². The summed E-state index contributed by atoms with van der Waals surface area (Å²) in [5.41, 5.74) is 0.494. The first-order valence-electron chi connectivity index (χ1n) is 8.96. The molecule has 0 aliphatic carbocycles. The first kappa shape index (κ1) is 21.6. The molecule has 2 aromatic rings. The number of alkyl halides is 3. The Hall–Kier alpha value is -2.11. The van der Waals surface area contributed by atoms with Crippen LogP contribution in [-0.2, 0) is 27.5 Å². The molecule has 1 saturated heterocycles. The van der Waals surface area contributed by atoms with E-state index >= 15 is 0 Å². The molecule has 1 N–H and O–H groups in total. The van der Waals surface area contributed by atoms with Gasteiger partial charge < -0.3 is 4.74 Å². The van der Waals surface area contributed by atoms with Crippen LogP contribution >= 0.6 is 0 Å². The minimum atomic E-state index is -4.35. The first-order valence-corrected chi connectivity index (χ1v) is 10.9. The second-order valence-electron chi connectivity index (χ2n) is 7.21. The van der Waals surface area contributed by atoms with Crippen molar-refractivity contribution in [3.8, 4) is 0 Å². The highest BCUT2D eigenvalue weighted by molar-refractivity contribution is 7.92. The summed E-state index contributed by atoms with van der Waals surface area (Å²) in [6.07, 6.45) is 0.532. The van der Waals surface area contributed by atoms with Crippen molar-refractivity contribution in [3.63, 3.8) is 0 Å². The van der Waals surface area contributed by atoms with E-state index < -0.39 is 21.8 Å². The zero-order chi connectivity index (χ0) is 21.2. The number of hydrogen-bond donors (Lipinski definition) is 1. The molecule has 0 bridgehead atoms. The van der Waals surface area contributed by atoms with Crippen molar-refractivity contribution in [2.75, 3.05) is 31.2 Å². The van der Waals surface area contributed by atoms with Gasteiger partial charge in [-0.1, -0.05) is 12.1 Å². The quantitative estimate of drug-likeness (QED) is 0.728. The highest BCUT2D eigenvalue weighted by atomic mass is 32.2. The van der Waals surface area contributed by atoms with E-state index in [0.29, 0.717) is 25.4 Å². The van der Waals surface area contributed by atoms with Gasteiger partial charge in [-0.2, -0.15) is 18.3 Å². The topological polar surface area (TPSA) is 76.5 Å². The van der Waals surface area contributed by atoms with Gasteiger partial charge in [-0.05, 0) is 24.1 Å². The van der Waals surface area contributed by atoms with Gasteiger partial charge in [0.05, 0.1) is 36.4 Å². The molecule has 0 saturated carbocycles. The Morgan fingerprint density at radius 3 is 2.55 bits per heavy atom. The number of nitrogens with one attached hydrogen (secondary N) is 1. The zero-order valence-electron chi connectivity index (χ0n) is 16.1. The molecule has 1 aromatic carbocycles. The average molecular weight is 432 g/mol. The SMILES string of the molecule is COC[C@@H]1C[C@H](n2cc(NS(C)(=O)=O)cn2)CN1Cc1ccc(C(F)(F)F)cc1. The predicted octanol–water partition coefficient (Wildman–Crippen LogP) is 2.74. The fourth-order valence-electron chi connectivity index (χ4n) is 3.55. The van der Waals surface area contributed by atoms with Crippen LogP contribution in [-0.4, -0.2) is 55.7 Å². The number of aromatic nitrogens is 2. The Morgan fingerprint density at radius 1 is 1.28 bits per heavy atom. The number of likely N-dealkylation sites (tertiary alicyclic amines) is 1. The second-order valence-corrected chi connectivity index (χ2v) is 8.95. The summed E-state index contributed by atoms with van der Waals surface area (Å²) in [5.74, 6) is 0. The predicted molar refractivity (Wildman–Crippen MR) is 102 cm³/mol. The maximum Gasteiger partial charge on any atom is 0.416 e. The monoisotopic (exact) mass is 432 g/mol. The van der Waals surface area contributed by atoms with Gasteiger partial charge in [0.25, 0.3) is 0 Å². The number of methoxy groups -OCH3 is 1. The highest BCUT2D eigenvalue weighted by Gasteiger charge is 2.34. The van der Waals surface area contributed by atoms with Crippen molar-refractivity contribution in [2.24, 2.45) is 0 Å². The molecular weight excluding hydrogens is 409 g/mol. The number of sulfonamides is 1. The van der Waals surface area contributed by atoms with Gasteiger partial charge in [0.15, 0.2) is 0 Å². The van der Waals surface area contributed by atoms with E-state index in [4.69, 9.17) is 4.74 Å². The number of hydrogen-bond acceptors (Lipinski definition) is 5. The van der Waals surface area contributed by atoms with Gasteiger partial charge in [0, 0.05) is 32.4 Å². The van der Waals surface area contributed by atoms with Crippen LogP contribution in [0.1, 0.15) is 23.6 Å². The lowest BCUT2D eigenvalue weighted by Gasteiger charge is -2.23. The summed E-state index contributed by atoms with van der Waals surface area (Å²) in [6, 6.07) is 5.22. The molecule has 0 amide bonds. The minimum Gasteiger partial charge on any atom is -0.383 e. The number of benzene rings is 1. The summed E-state index contributed by atoms with van der Waals surface area (Å²) in [7, 11) is -1.78. The number of nitrogens with zero attached hydrogens (tertiary/aromatic N) is 3. The second kappa shape index (κ2) is 8.33. The lowest BCUT2D eigenvalue weighted by atomic mass is 10.1. The Balaban J connectivity index is 1.70. The third kappa shape index (κ3) is 5.71. The Bertz CT molecular complexity index is 929. The highest BCUT2D eigenvalue weighted by Crippen LogP contribution is 2.31. The van der Waals surface area contributed by atoms with Gasteiger partial charge in [-0.3, -0.25) is 14.3 Å². The number of ether oxygens (including phenoxy) is 1. The molecule has 1 aliphatic rings. The van der Waals surface area contributed by atoms with Crippen LogP contribution in [0.4, 0.5) is 18.9 Å². The fraction of sp³-hybridized carbons (Fsp3) is 0.500. The van der Waals surface area contributed by atoms with Crippen molar-refractivity contribution in [3.05, 3.63) is 47.8 Å². The molecule has 1 aliphatic heterocycles. The molecule has 0 spiro atoms. The summed E-state index contributed by atoms with van der Waals surface area (Å²) in [4.78, 5) is 2.14. The first-order chi connectivity index (χ1) is 13.5. The largest absolute Gasteiger partial charge is 0.416 e. The summed E-state index contributed by atoms with van der Waals surface area (Å²) < 4.78 is 70.4. The summed E-state index contributed by atoms with van der Waals surface area (Å²) in [6.45, 7) is 1.58. The zero-order valence-corrected chi connectivity index (χ0v) is 16.9. The Labute approximate surface area is 167 Å². The molecule has 1 fully saturated rings. The third-order valence-electron chi connectivity index (χ3n) is 4.81. The molecule has 0 unspecified atom stereocenters. The maximum atomic E-state index is 12.8. The van der Waals surface area contributed by atoms with E-state index in [9.17, 15) is 21.6 Å². The van der Waals surface area contributed by atoms with Crippen LogP contribution in [0.15, 0.2) is 36.7 Å². The smallest absolute Gasteiger partial charge is 0.383 e. The molecule has 1 aromatic heterocycles. The molecular formula is C18H23F3N4O3S. The third-order valence-corrected chi connectivity index (χ3v) is 5.42. The van der Waals surface area contributed by atoms with E-state index in [1.807, 2.05) is 0 Å². The summed E-state index contributed by atoms with van der Waals surface area (Å²) >= 11 is 0. The van der Waals surface area contributed by atoms with E-state index in [1.54, 1.807) is 18.0 Å². The molecule has 2 atom stereocenters. The van der Waals surface area contributed by atoms with Gasteiger partial charge in [-0.15, -0.1) is 0 Å². The Kier molecular flexibility index (Phi) is 6.20. The Morgan fingerprint density at radius 2 is 1.97 bits per heavy atom. The fourth-order valence-corrected chi connectivity index (χ4v) is 4.08. The number of anilines is 1. The van der Waals surface area contributed by atoms with Crippen molar-refractivity contribution < 1.29 is 26.3 Å². The molecule has 0 radical (unpaired) electrons. The molecule has 7 nitrogen and oxygen atoms in total. The van der Waals surface area contributed by atoms with Crippen molar-refractivity contribution in [1.82, 2.24) is 14.7 Å². The maximum absolute atomic E-state index is 12.8. The molecule has 3 rings (SSSR count). The summed E-state index contributed by atoms with van der Waals surface area (Å²) in [5, 5.41) is 4.25. The lowest BCUT2D eigenvalue weighted by molar-refractivity contribution is -0.137. The van der Waals surface area contributed by atoms with Crippen molar-refractivity contribution >= 4 is 15.7 Å². The molecule has 160 valence electrons. The normalized spacial score (nSPS) is 20.9. The van der Waals surface area contributed by atoms with Crippen LogP contribution < -0.4 is 4.72 Å². The lowest BCUT2D eigenvalue weighted by Crippen LogP contribution is -2.32. The van der Waals surface area contributed by atoms with Gasteiger partial charge in [0.1, 0.15) is 0 Å². The van der Waals surface area contributed by atoms with Crippen LogP contribution in [0.5, 0.6) is 0 Å². The van der Waals surface area contributed by atoms with Crippen LogP contribution in [0.25, 0.3) is 0 Å². The average Bonchev–Trinajstić information content (AvgIpc) is 3.21. The van der Waals surface area contributed by atoms with Crippen LogP contribution in [0.2, 0.25) is 0 Å². The minimum absolute atomic E-state index is 0.000270. The van der Waals surface area contributed by atoms with Crippen molar-refractivity contribution in [2.45, 2.75) is 31.2 Å². The number of rotatable bonds is 7. The van der Waals surface area contributed by atoms with Gasteiger partial charge in [0.2, 0.25) is 10.0 Å². The van der Waals surface area contributed by atoms with E-state index in [2.05, 4.69) is 14.7 Å². The van der Waals surface area contributed by atoms with E-state index in [1.165, 1.54) is 18.3 Å². The van der Waals surface area contributed by atoms with E-state index in [-0.39, 0.29) is 12.1 Å². The van der Waals surface area contributed by atoms with Gasteiger partial charge in [-0.25, -0.2) is 8.42 Å². The molecule has 29 heavy (non-hydrogen) atoms.